The molecule has 3 rings (SSSR count). The molecule has 25 heavy (non-hydrogen) atoms. The van der Waals surface area contributed by atoms with E-state index in [1.54, 1.807) is 30.3 Å². The molecule has 1 N–H and O–H groups in total. The molecule has 130 valence electrons. The Morgan fingerprint density at radius 1 is 0.840 bits per heavy atom. The minimum absolute atomic E-state index is 0.0722. The van der Waals surface area contributed by atoms with E-state index in [9.17, 15) is 9.59 Å². The second-order valence-corrected chi connectivity index (χ2v) is 6.24. The molecule has 0 atom stereocenters. The van der Waals surface area contributed by atoms with Crippen molar-refractivity contribution < 1.29 is 9.59 Å². The molecule has 4 heteroatoms. The molecular weight excluding hydrogens is 312 g/mol. The van der Waals surface area contributed by atoms with Crippen LogP contribution < -0.4 is 5.32 Å². The fourth-order valence-corrected chi connectivity index (χ4v) is 3.36. The zero-order chi connectivity index (χ0) is 17.8. The van der Waals surface area contributed by atoms with Crippen molar-refractivity contribution in [3.8, 4) is 0 Å². The molecule has 0 radical (unpaired) electrons. The summed E-state index contributed by atoms with van der Waals surface area (Å²) < 4.78 is 0. The van der Waals surface area contributed by atoms with Gasteiger partial charge in [-0.2, -0.15) is 0 Å². The Bertz CT molecular complexity index is 794. The largest absolute Gasteiger partial charge is 0.384 e. The summed E-state index contributed by atoms with van der Waals surface area (Å²) in [6, 6.07) is 12.5. The summed E-state index contributed by atoms with van der Waals surface area (Å²) in [5.41, 5.74) is 2.76. The van der Waals surface area contributed by atoms with Crippen LogP contribution in [0.4, 0.5) is 5.69 Å². The van der Waals surface area contributed by atoms with Gasteiger partial charge in [-0.1, -0.05) is 50.2 Å². The van der Waals surface area contributed by atoms with Gasteiger partial charge in [0, 0.05) is 28.9 Å². The molecule has 2 aromatic rings. The highest BCUT2D eigenvalue weighted by Gasteiger charge is 2.31. The molecule has 4 nitrogen and oxygen atoms in total. The highest BCUT2D eigenvalue weighted by Crippen LogP contribution is 2.31. The first-order valence-corrected chi connectivity index (χ1v) is 8.95. The molecule has 0 amide bonds. The van der Waals surface area contributed by atoms with Gasteiger partial charge in [0.1, 0.15) is 0 Å². The summed E-state index contributed by atoms with van der Waals surface area (Å²) in [5.74, 6) is -0.144. The zero-order valence-electron chi connectivity index (χ0n) is 14.8. The van der Waals surface area contributed by atoms with Gasteiger partial charge in [0.15, 0.2) is 11.6 Å². The molecule has 2 aromatic carbocycles. The van der Waals surface area contributed by atoms with Crippen molar-refractivity contribution in [2.24, 2.45) is 0 Å². The fourth-order valence-electron chi connectivity index (χ4n) is 3.36. The molecule has 1 aliphatic carbocycles. The summed E-state index contributed by atoms with van der Waals surface area (Å²) in [6.45, 7) is 8.20. The molecule has 0 bridgehead atoms. The van der Waals surface area contributed by atoms with Gasteiger partial charge in [-0.15, -0.1) is 0 Å². The normalized spacial score (nSPS) is 12.9. The van der Waals surface area contributed by atoms with Crippen LogP contribution >= 0.6 is 0 Å². The molecular formula is C21H24N2O2. The van der Waals surface area contributed by atoms with Crippen LogP contribution in [-0.4, -0.2) is 42.6 Å². The molecule has 1 aliphatic rings. The van der Waals surface area contributed by atoms with Crippen LogP contribution in [0.1, 0.15) is 52.1 Å². The average molecular weight is 336 g/mol. The van der Waals surface area contributed by atoms with Crippen molar-refractivity contribution >= 4 is 17.3 Å². The molecule has 0 aliphatic heterocycles. The number of benzene rings is 2. The smallest absolute Gasteiger partial charge is 0.196 e. The molecule has 0 heterocycles. The molecule has 0 saturated carbocycles. The standard InChI is InChI=1S/C21H24N2O2/c1-3-23(4-2)14-8-13-22-18-12-7-11-17-19(18)21(25)16-10-6-5-9-15(16)20(17)24/h5-7,9-12,22H,3-4,8,13-14H2,1-2H3. The lowest BCUT2D eigenvalue weighted by Gasteiger charge is -2.21. The molecule has 0 unspecified atom stereocenters. The summed E-state index contributed by atoms with van der Waals surface area (Å²) >= 11 is 0. The average Bonchev–Trinajstić information content (AvgIpc) is 2.66. The lowest BCUT2D eigenvalue weighted by molar-refractivity contribution is 0.0979. The van der Waals surface area contributed by atoms with E-state index in [-0.39, 0.29) is 11.6 Å². The number of hydrogen-bond donors (Lipinski definition) is 1. The van der Waals surface area contributed by atoms with Gasteiger partial charge in [0.25, 0.3) is 0 Å². The number of fused-ring (bicyclic) bond motifs is 2. The van der Waals surface area contributed by atoms with Gasteiger partial charge < -0.3 is 10.2 Å². The third kappa shape index (κ3) is 3.35. The second-order valence-electron chi connectivity index (χ2n) is 6.24. The van der Waals surface area contributed by atoms with Gasteiger partial charge in [-0.25, -0.2) is 0 Å². The van der Waals surface area contributed by atoms with E-state index in [2.05, 4.69) is 24.1 Å². The molecule has 0 aromatic heterocycles. The van der Waals surface area contributed by atoms with Gasteiger partial charge in [0.2, 0.25) is 0 Å². The van der Waals surface area contributed by atoms with Crippen molar-refractivity contribution in [3.05, 3.63) is 64.7 Å². The maximum Gasteiger partial charge on any atom is 0.196 e. The van der Waals surface area contributed by atoms with E-state index in [1.165, 1.54) is 0 Å². The first kappa shape index (κ1) is 17.4. The predicted molar refractivity (Wildman–Crippen MR) is 101 cm³/mol. The quantitative estimate of drug-likeness (QED) is 0.670. The number of hydrogen-bond acceptors (Lipinski definition) is 4. The van der Waals surface area contributed by atoms with Crippen molar-refractivity contribution in [2.45, 2.75) is 20.3 Å². The lowest BCUT2D eigenvalue weighted by atomic mass is 9.83. The van der Waals surface area contributed by atoms with Crippen molar-refractivity contribution in [3.63, 3.8) is 0 Å². The highest BCUT2D eigenvalue weighted by molar-refractivity contribution is 6.30. The Kier molecular flexibility index (Phi) is 5.29. The van der Waals surface area contributed by atoms with E-state index < -0.39 is 0 Å². The Labute approximate surface area is 148 Å². The Balaban J connectivity index is 1.80. The maximum absolute atomic E-state index is 12.9. The SMILES string of the molecule is CCN(CC)CCCNc1cccc2c1C(=O)c1ccccc1C2=O. The van der Waals surface area contributed by atoms with Crippen molar-refractivity contribution in [2.75, 3.05) is 31.5 Å². The van der Waals surface area contributed by atoms with Gasteiger partial charge in [-0.05, 0) is 32.1 Å². The van der Waals surface area contributed by atoms with Gasteiger partial charge in [-0.3, -0.25) is 9.59 Å². The van der Waals surface area contributed by atoms with Crippen LogP contribution in [0.5, 0.6) is 0 Å². The Morgan fingerprint density at radius 2 is 1.48 bits per heavy atom. The lowest BCUT2D eigenvalue weighted by Crippen LogP contribution is -2.26. The van der Waals surface area contributed by atoms with Crippen LogP contribution in [0, 0.1) is 0 Å². The van der Waals surface area contributed by atoms with Crippen LogP contribution in [0.15, 0.2) is 42.5 Å². The first-order valence-electron chi connectivity index (χ1n) is 8.95. The molecule has 0 fully saturated rings. The summed E-state index contributed by atoms with van der Waals surface area (Å²) in [6.07, 6.45) is 0.990. The van der Waals surface area contributed by atoms with Crippen LogP contribution in [0.2, 0.25) is 0 Å². The third-order valence-corrected chi connectivity index (χ3v) is 4.81. The minimum Gasteiger partial charge on any atom is -0.384 e. The number of nitrogens with one attached hydrogen (secondary N) is 1. The Hall–Kier alpha value is -2.46. The van der Waals surface area contributed by atoms with Gasteiger partial charge in [0.05, 0.1) is 5.56 Å². The van der Waals surface area contributed by atoms with E-state index in [0.717, 1.165) is 38.3 Å². The van der Waals surface area contributed by atoms with Crippen molar-refractivity contribution in [1.82, 2.24) is 4.90 Å². The van der Waals surface area contributed by atoms with E-state index in [4.69, 9.17) is 0 Å². The van der Waals surface area contributed by atoms with Crippen molar-refractivity contribution in [1.29, 1.82) is 0 Å². The highest BCUT2D eigenvalue weighted by atomic mass is 16.1. The summed E-state index contributed by atoms with van der Waals surface area (Å²) in [4.78, 5) is 28.0. The van der Waals surface area contributed by atoms with Crippen LogP contribution in [-0.2, 0) is 0 Å². The topological polar surface area (TPSA) is 49.4 Å². The molecule has 0 saturated heterocycles. The zero-order valence-corrected chi connectivity index (χ0v) is 14.8. The summed E-state index contributed by atoms with van der Waals surface area (Å²) in [7, 11) is 0. The Morgan fingerprint density at radius 3 is 2.16 bits per heavy atom. The minimum atomic E-state index is -0.0722. The monoisotopic (exact) mass is 336 g/mol. The van der Waals surface area contributed by atoms with Gasteiger partial charge >= 0.3 is 0 Å². The second kappa shape index (κ2) is 7.62. The third-order valence-electron chi connectivity index (χ3n) is 4.81. The summed E-state index contributed by atoms with van der Waals surface area (Å²) in [5, 5.41) is 3.36. The molecule has 0 spiro atoms. The number of carbonyl (C=O) groups is 2. The maximum atomic E-state index is 12.9. The van der Waals surface area contributed by atoms with Crippen LogP contribution in [0.25, 0.3) is 0 Å². The van der Waals surface area contributed by atoms with Crippen LogP contribution in [0.3, 0.4) is 0 Å². The van der Waals surface area contributed by atoms with E-state index in [0.29, 0.717) is 22.3 Å². The number of ketones is 2. The predicted octanol–water partition coefficient (Wildman–Crippen LogP) is 3.61. The number of anilines is 1. The number of rotatable bonds is 7. The van der Waals surface area contributed by atoms with E-state index in [1.807, 2.05) is 12.1 Å². The van der Waals surface area contributed by atoms with E-state index >= 15 is 0 Å². The fraction of sp³-hybridized carbons (Fsp3) is 0.333. The number of nitrogens with zero attached hydrogens (tertiary/aromatic N) is 1. The first-order chi connectivity index (χ1) is 12.2. The number of carbonyl (C=O) groups excluding carboxylic acids is 2.